The number of methoxy groups -OCH3 is 1. The number of nitrogens with zero attached hydrogens (tertiary/aromatic N) is 1. The molecule has 0 radical (unpaired) electrons. The maximum atomic E-state index is 11.6. The summed E-state index contributed by atoms with van der Waals surface area (Å²) in [6, 6.07) is -0.135. The van der Waals surface area contributed by atoms with E-state index in [4.69, 9.17) is 10.5 Å². The molecule has 0 bridgehead atoms. The van der Waals surface area contributed by atoms with Crippen LogP contribution in [0.3, 0.4) is 0 Å². The maximum absolute atomic E-state index is 11.6. The van der Waals surface area contributed by atoms with Gasteiger partial charge in [-0.3, -0.25) is 4.79 Å². The summed E-state index contributed by atoms with van der Waals surface area (Å²) < 4.78 is 5.03. The Morgan fingerprint density at radius 1 is 1.69 bits per heavy atom. The van der Waals surface area contributed by atoms with Gasteiger partial charge < -0.3 is 15.8 Å². The van der Waals surface area contributed by atoms with Crippen molar-refractivity contribution < 1.29 is 9.53 Å². The number of ether oxygens (including phenoxy) is 1. The second-order valence-electron chi connectivity index (χ2n) is 3.62. The molecule has 0 saturated heterocycles. The first-order chi connectivity index (χ1) is 7.54. The number of rotatable bonds is 5. The van der Waals surface area contributed by atoms with Gasteiger partial charge in [-0.2, -0.15) is 0 Å². The van der Waals surface area contributed by atoms with Crippen LogP contribution >= 0.6 is 11.3 Å². The minimum absolute atomic E-state index is 0.00418. The number of carbonyl (C=O) groups is 1. The fourth-order valence-corrected chi connectivity index (χ4v) is 1.77. The van der Waals surface area contributed by atoms with Gasteiger partial charge in [-0.1, -0.05) is 0 Å². The average molecular weight is 243 g/mol. The van der Waals surface area contributed by atoms with Crippen LogP contribution in [0.25, 0.3) is 0 Å². The number of amides is 1. The Balaban J connectivity index is 2.53. The van der Waals surface area contributed by atoms with Crippen molar-refractivity contribution in [3.63, 3.8) is 0 Å². The summed E-state index contributed by atoms with van der Waals surface area (Å²) >= 11 is 1.40. The molecule has 1 amide bonds. The lowest BCUT2D eigenvalue weighted by atomic mass is 10.3. The van der Waals surface area contributed by atoms with Gasteiger partial charge in [0.1, 0.15) is 10.7 Å². The summed E-state index contributed by atoms with van der Waals surface area (Å²) in [6.45, 7) is 4.20. The molecule has 2 unspecified atom stereocenters. The van der Waals surface area contributed by atoms with Crippen molar-refractivity contribution >= 4 is 17.2 Å². The Kier molecular flexibility index (Phi) is 4.85. The third-order valence-corrected chi connectivity index (χ3v) is 3.14. The Bertz CT molecular complexity index is 352. The van der Waals surface area contributed by atoms with E-state index in [9.17, 15) is 4.79 Å². The SMILES string of the molecule is COC(C)CNC(=O)c1csc(C(C)N)n1. The maximum Gasteiger partial charge on any atom is 0.270 e. The molecule has 0 fully saturated rings. The third-order valence-electron chi connectivity index (χ3n) is 2.10. The molecule has 90 valence electrons. The van der Waals surface area contributed by atoms with E-state index in [1.807, 2.05) is 13.8 Å². The molecule has 1 aromatic rings. The van der Waals surface area contributed by atoms with Crippen LogP contribution in [0.5, 0.6) is 0 Å². The van der Waals surface area contributed by atoms with E-state index in [1.165, 1.54) is 11.3 Å². The third kappa shape index (κ3) is 3.55. The molecule has 0 saturated carbocycles. The van der Waals surface area contributed by atoms with E-state index < -0.39 is 0 Å². The minimum atomic E-state index is -0.188. The number of carbonyl (C=O) groups excluding carboxylic acids is 1. The number of nitrogens with two attached hydrogens (primary N) is 1. The molecule has 1 aromatic heterocycles. The van der Waals surface area contributed by atoms with Crippen molar-refractivity contribution in [2.24, 2.45) is 5.73 Å². The van der Waals surface area contributed by atoms with Gasteiger partial charge in [0.25, 0.3) is 5.91 Å². The van der Waals surface area contributed by atoms with Crippen LogP contribution in [0.2, 0.25) is 0 Å². The molecular formula is C10H17N3O2S. The number of nitrogens with one attached hydrogen (secondary N) is 1. The van der Waals surface area contributed by atoms with Gasteiger partial charge in [0.2, 0.25) is 0 Å². The van der Waals surface area contributed by atoms with Gasteiger partial charge in [-0.05, 0) is 13.8 Å². The summed E-state index contributed by atoms with van der Waals surface area (Å²) in [5.41, 5.74) is 6.08. The lowest BCUT2D eigenvalue weighted by molar-refractivity contribution is 0.0866. The first kappa shape index (κ1) is 13.1. The van der Waals surface area contributed by atoms with E-state index >= 15 is 0 Å². The number of thiazole rings is 1. The molecule has 1 rings (SSSR count). The molecule has 0 aromatic carbocycles. The predicted molar refractivity (Wildman–Crippen MR) is 63.5 cm³/mol. The first-order valence-corrected chi connectivity index (χ1v) is 5.94. The van der Waals surface area contributed by atoms with Crippen LogP contribution < -0.4 is 11.1 Å². The highest BCUT2D eigenvalue weighted by Crippen LogP contribution is 2.15. The highest BCUT2D eigenvalue weighted by Gasteiger charge is 2.13. The molecule has 6 heteroatoms. The lowest BCUT2D eigenvalue weighted by Gasteiger charge is -2.09. The normalized spacial score (nSPS) is 14.5. The van der Waals surface area contributed by atoms with Crippen molar-refractivity contribution in [3.05, 3.63) is 16.1 Å². The van der Waals surface area contributed by atoms with Gasteiger partial charge in [0, 0.05) is 19.0 Å². The molecule has 1 heterocycles. The quantitative estimate of drug-likeness (QED) is 0.806. The molecule has 0 aliphatic rings. The highest BCUT2D eigenvalue weighted by atomic mass is 32.1. The number of aromatic nitrogens is 1. The topological polar surface area (TPSA) is 77.2 Å². The van der Waals surface area contributed by atoms with Gasteiger partial charge >= 0.3 is 0 Å². The van der Waals surface area contributed by atoms with Gasteiger partial charge in [-0.15, -0.1) is 11.3 Å². The van der Waals surface area contributed by atoms with E-state index in [0.717, 1.165) is 5.01 Å². The van der Waals surface area contributed by atoms with E-state index in [2.05, 4.69) is 10.3 Å². The standard InChI is InChI=1S/C10H17N3O2S/c1-6(15-3)4-12-9(14)8-5-16-10(13-8)7(2)11/h5-7H,4,11H2,1-3H3,(H,12,14). The Labute approximate surface area is 99.0 Å². The van der Waals surface area contributed by atoms with Crippen molar-refractivity contribution in [3.8, 4) is 0 Å². The van der Waals surface area contributed by atoms with Crippen LogP contribution in [-0.4, -0.2) is 30.6 Å². The molecule has 2 atom stereocenters. The zero-order chi connectivity index (χ0) is 12.1. The van der Waals surface area contributed by atoms with Crippen molar-refractivity contribution in [2.45, 2.75) is 26.0 Å². The molecular weight excluding hydrogens is 226 g/mol. The van der Waals surface area contributed by atoms with Gasteiger partial charge in [-0.25, -0.2) is 4.98 Å². The smallest absolute Gasteiger partial charge is 0.270 e. The Morgan fingerprint density at radius 3 is 2.88 bits per heavy atom. The fourth-order valence-electron chi connectivity index (χ4n) is 1.01. The Hall–Kier alpha value is -0.980. The van der Waals surface area contributed by atoms with Crippen LogP contribution in [0.4, 0.5) is 0 Å². The molecule has 0 aliphatic carbocycles. The molecule has 0 aliphatic heterocycles. The summed E-state index contributed by atoms with van der Waals surface area (Å²) in [5.74, 6) is -0.188. The average Bonchev–Trinajstić information content (AvgIpc) is 2.74. The van der Waals surface area contributed by atoms with Crippen molar-refractivity contribution in [1.82, 2.24) is 10.3 Å². The monoisotopic (exact) mass is 243 g/mol. The zero-order valence-corrected chi connectivity index (χ0v) is 10.5. The fraction of sp³-hybridized carbons (Fsp3) is 0.600. The molecule has 5 nitrogen and oxygen atoms in total. The first-order valence-electron chi connectivity index (χ1n) is 5.06. The second-order valence-corrected chi connectivity index (χ2v) is 4.51. The van der Waals surface area contributed by atoms with E-state index in [1.54, 1.807) is 12.5 Å². The zero-order valence-electron chi connectivity index (χ0n) is 9.69. The number of hydrogen-bond donors (Lipinski definition) is 2. The van der Waals surface area contributed by atoms with Crippen LogP contribution in [0, 0.1) is 0 Å². The van der Waals surface area contributed by atoms with Gasteiger partial charge in [0.15, 0.2) is 0 Å². The molecule has 0 spiro atoms. The number of hydrogen-bond acceptors (Lipinski definition) is 5. The van der Waals surface area contributed by atoms with E-state index in [0.29, 0.717) is 12.2 Å². The predicted octanol–water partition coefficient (Wildman–Crippen LogP) is 0.928. The van der Waals surface area contributed by atoms with Gasteiger partial charge in [0.05, 0.1) is 12.1 Å². The van der Waals surface area contributed by atoms with Crippen LogP contribution in [0.15, 0.2) is 5.38 Å². The summed E-state index contributed by atoms with van der Waals surface area (Å²) in [7, 11) is 1.61. The summed E-state index contributed by atoms with van der Waals surface area (Å²) in [6.07, 6.45) is -0.00418. The second kappa shape index (κ2) is 5.93. The minimum Gasteiger partial charge on any atom is -0.380 e. The Morgan fingerprint density at radius 2 is 2.38 bits per heavy atom. The molecule has 16 heavy (non-hydrogen) atoms. The largest absolute Gasteiger partial charge is 0.380 e. The van der Waals surface area contributed by atoms with Crippen LogP contribution in [0.1, 0.15) is 35.4 Å². The summed E-state index contributed by atoms with van der Waals surface area (Å²) in [5, 5.41) is 5.22. The lowest BCUT2D eigenvalue weighted by Crippen LogP contribution is -2.31. The molecule has 3 N–H and O–H groups in total. The summed E-state index contributed by atoms with van der Waals surface area (Å²) in [4.78, 5) is 15.8. The highest BCUT2D eigenvalue weighted by molar-refractivity contribution is 7.09. The van der Waals surface area contributed by atoms with Crippen LogP contribution in [-0.2, 0) is 4.74 Å². The van der Waals surface area contributed by atoms with E-state index in [-0.39, 0.29) is 18.1 Å². The van der Waals surface area contributed by atoms with Crippen molar-refractivity contribution in [1.29, 1.82) is 0 Å². The van der Waals surface area contributed by atoms with Crippen molar-refractivity contribution in [2.75, 3.05) is 13.7 Å².